The Morgan fingerprint density at radius 1 is 1.15 bits per heavy atom. The minimum absolute atomic E-state index is 0.0151. The molecule has 0 saturated carbocycles. The van der Waals surface area contributed by atoms with E-state index in [1.54, 1.807) is 19.1 Å². The summed E-state index contributed by atoms with van der Waals surface area (Å²) < 4.78 is 43.2. The lowest BCUT2D eigenvalue weighted by atomic mass is 9.71. The first-order valence-electron chi connectivity index (χ1n) is 17.1. The number of carbonyl (C=O) groups excluding carboxylic acids is 1. The highest BCUT2D eigenvalue weighted by Crippen LogP contribution is 2.51. The zero-order valence-electron chi connectivity index (χ0n) is 29.1. The minimum atomic E-state index is -4.87. The fourth-order valence-electron chi connectivity index (χ4n) is 8.14. The Labute approximate surface area is 283 Å². The number of esters is 1. The van der Waals surface area contributed by atoms with E-state index in [0.29, 0.717) is 24.0 Å². The third-order valence-electron chi connectivity index (χ3n) is 10.4. The van der Waals surface area contributed by atoms with Gasteiger partial charge < -0.3 is 38.9 Å². The molecule has 268 valence electrons. The quantitative estimate of drug-likeness (QED) is 0.174. The second kappa shape index (κ2) is 14.4. The Kier molecular flexibility index (Phi) is 11.2. The predicted molar refractivity (Wildman–Crippen MR) is 178 cm³/mol. The standard InChI is InChI=1S/C36H53O11P/c1-20(2)13-24(6)32-25(7)30(47-48(40,41)42)18-35(46-32)17-28-16-27(45-35)12-11-22(4)14-21(3)9-8-10-26-19-43-33-31(37)23(5)15-29(34(38)44-28)36(26,33)39/h8-11,13,15,20-21,25,27-33,37,39H,12,14,16-19H2,1-7H3,(H2,40,41,42). The molecule has 1 spiro atoms. The molecule has 0 aromatic heterocycles. The maximum Gasteiger partial charge on any atom is 0.469 e. The maximum atomic E-state index is 14.2. The van der Waals surface area contributed by atoms with Crippen LogP contribution in [0.5, 0.6) is 0 Å². The number of hydrogen-bond donors (Lipinski definition) is 4. The van der Waals surface area contributed by atoms with Gasteiger partial charge in [-0.15, -0.1) is 0 Å². The molecule has 5 rings (SSSR count). The lowest BCUT2D eigenvalue weighted by Crippen LogP contribution is -2.59. The average molecular weight is 693 g/mol. The molecule has 11 nitrogen and oxygen atoms in total. The van der Waals surface area contributed by atoms with Crippen LogP contribution in [-0.2, 0) is 32.8 Å². The summed E-state index contributed by atoms with van der Waals surface area (Å²) in [6, 6.07) is 0. The largest absolute Gasteiger partial charge is 0.469 e. The molecule has 4 N–H and O–H groups in total. The van der Waals surface area contributed by atoms with Gasteiger partial charge in [0.05, 0.1) is 24.9 Å². The van der Waals surface area contributed by atoms with Gasteiger partial charge >= 0.3 is 13.8 Å². The molecule has 1 aliphatic carbocycles. The summed E-state index contributed by atoms with van der Waals surface area (Å²) in [7, 11) is -4.87. The number of phosphoric ester groups is 1. The normalized spacial score (nSPS) is 41.4. The van der Waals surface area contributed by atoms with E-state index in [9.17, 15) is 29.4 Å². The summed E-state index contributed by atoms with van der Waals surface area (Å²) in [6.07, 6.45) is 8.38. The van der Waals surface area contributed by atoms with Crippen molar-refractivity contribution in [3.8, 4) is 0 Å². The summed E-state index contributed by atoms with van der Waals surface area (Å²) in [6.45, 7) is 13.8. The first-order chi connectivity index (χ1) is 22.4. The van der Waals surface area contributed by atoms with Crippen molar-refractivity contribution in [2.75, 3.05) is 6.61 Å². The molecule has 4 heterocycles. The van der Waals surface area contributed by atoms with Gasteiger partial charge in [-0.1, -0.05) is 69.7 Å². The lowest BCUT2D eigenvalue weighted by molar-refractivity contribution is -0.341. The van der Waals surface area contributed by atoms with Crippen LogP contribution in [0.1, 0.15) is 80.6 Å². The fraction of sp³-hybridized carbons (Fsp3) is 0.694. The number of aliphatic hydroxyl groups is 2. The summed E-state index contributed by atoms with van der Waals surface area (Å²) in [5, 5.41) is 23.1. The monoisotopic (exact) mass is 692 g/mol. The van der Waals surface area contributed by atoms with Gasteiger partial charge in [0.15, 0.2) is 5.79 Å². The van der Waals surface area contributed by atoms with E-state index in [4.69, 9.17) is 23.5 Å². The number of aliphatic hydroxyl groups excluding tert-OH is 1. The van der Waals surface area contributed by atoms with Gasteiger partial charge in [-0.25, -0.2) is 4.57 Å². The molecular formula is C36H53O11P. The molecule has 4 aliphatic heterocycles. The molecule has 3 saturated heterocycles. The molecule has 2 bridgehead atoms. The van der Waals surface area contributed by atoms with Crippen LogP contribution in [0, 0.1) is 23.7 Å². The average Bonchev–Trinajstić information content (AvgIpc) is 3.30. The number of carbonyl (C=O) groups is 1. The Morgan fingerprint density at radius 3 is 2.56 bits per heavy atom. The van der Waals surface area contributed by atoms with E-state index in [1.807, 2.05) is 39.8 Å². The first kappa shape index (κ1) is 37.3. The molecule has 11 atom stereocenters. The van der Waals surface area contributed by atoms with Crippen molar-refractivity contribution in [2.24, 2.45) is 23.7 Å². The van der Waals surface area contributed by atoms with Crippen molar-refractivity contribution in [3.63, 3.8) is 0 Å². The molecule has 3 fully saturated rings. The Balaban J connectivity index is 1.56. The van der Waals surface area contributed by atoms with Crippen molar-refractivity contribution in [1.82, 2.24) is 0 Å². The Hall–Kier alpha value is -1.92. The Bertz CT molecular complexity index is 1420. The molecule has 0 aromatic carbocycles. The summed E-state index contributed by atoms with van der Waals surface area (Å²) in [5.41, 5.74) is 1.21. The van der Waals surface area contributed by atoms with Crippen LogP contribution < -0.4 is 0 Å². The van der Waals surface area contributed by atoms with Crippen LogP contribution in [0.3, 0.4) is 0 Å². The van der Waals surface area contributed by atoms with Crippen molar-refractivity contribution in [2.45, 2.75) is 129 Å². The highest BCUT2D eigenvalue weighted by atomic mass is 31.2. The van der Waals surface area contributed by atoms with Crippen molar-refractivity contribution in [3.05, 3.63) is 58.7 Å². The van der Waals surface area contributed by atoms with Gasteiger partial charge in [-0.3, -0.25) is 9.32 Å². The van der Waals surface area contributed by atoms with Crippen LogP contribution >= 0.6 is 7.82 Å². The third kappa shape index (κ3) is 8.01. The van der Waals surface area contributed by atoms with Gasteiger partial charge in [0.1, 0.15) is 29.8 Å². The molecule has 11 unspecified atom stereocenters. The predicted octanol–water partition coefficient (Wildman–Crippen LogP) is 5.20. The summed E-state index contributed by atoms with van der Waals surface area (Å²) in [4.78, 5) is 33.9. The van der Waals surface area contributed by atoms with E-state index < -0.39 is 73.6 Å². The van der Waals surface area contributed by atoms with Crippen molar-refractivity contribution < 1.29 is 52.8 Å². The first-order valence-corrected chi connectivity index (χ1v) is 18.7. The minimum Gasteiger partial charge on any atom is -0.462 e. The molecular weight excluding hydrogens is 639 g/mol. The lowest BCUT2D eigenvalue weighted by Gasteiger charge is -2.52. The molecule has 5 aliphatic rings. The molecule has 0 amide bonds. The number of ether oxygens (including phenoxy) is 4. The second-order valence-electron chi connectivity index (χ2n) is 15.0. The Morgan fingerprint density at radius 2 is 1.88 bits per heavy atom. The summed E-state index contributed by atoms with van der Waals surface area (Å²) in [5.74, 6) is -3.22. The topological polar surface area (TPSA) is 161 Å². The van der Waals surface area contributed by atoms with Gasteiger partial charge in [0.2, 0.25) is 0 Å². The number of hydrogen-bond acceptors (Lipinski definition) is 9. The second-order valence-corrected chi connectivity index (χ2v) is 16.2. The molecule has 0 aromatic rings. The number of rotatable bonds is 4. The molecule has 48 heavy (non-hydrogen) atoms. The van der Waals surface area contributed by atoms with E-state index in [2.05, 4.69) is 26.0 Å². The van der Waals surface area contributed by atoms with Gasteiger partial charge in [0.25, 0.3) is 0 Å². The number of phosphoric acid groups is 1. The van der Waals surface area contributed by atoms with Crippen molar-refractivity contribution >= 4 is 13.8 Å². The number of fused-ring (bicyclic) bond motifs is 2. The maximum absolute atomic E-state index is 14.2. The zero-order chi connectivity index (χ0) is 35.2. The molecule has 0 radical (unpaired) electrons. The number of allylic oxidation sites excluding steroid dienone is 5. The molecule has 12 heteroatoms. The van der Waals surface area contributed by atoms with Crippen LogP contribution in [0.4, 0.5) is 0 Å². The van der Waals surface area contributed by atoms with Crippen LogP contribution in [0.15, 0.2) is 58.7 Å². The highest BCUT2D eigenvalue weighted by molar-refractivity contribution is 7.46. The van der Waals surface area contributed by atoms with E-state index >= 15 is 0 Å². The zero-order valence-corrected chi connectivity index (χ0v) is 30.0. The van der Waals surface area contributed by atoms with Crippen LogP contribution in [-0.4, -0.2) is 80.6 Å². The summed E-state index contributed by atoms with van der Waals surface area (Å²) >= 11 is 0. The van der Waals surface area contributed by atoms with Gasteiger partial charge in [-0.05, 0) is 62.2 Å². The van der Waals surface area contributed by atoms with Crippen LogP contribution in [0.25, 0.3) is 0 Å². The fourth-order valence-corrected chi connectivity index (χ4v) is 8.76. The van der Waals surface area contributed by atoms with Crippen LogP contribution in [0.2, 0.25) is 0 Å². The highest BCUT2D eigenvalue weighted by Gasteiger charge is 2.60. The van der Waals surface area contributed by atoms with E-state index in [0.717, 1.165) is 17.6 Å². The van der Waals surface area contributed by atoms with E-state index in [-0.39, 0.29) is 31.3 Å². The SMILES string of the molecule is CC1=CCC2CC(CC3(CC(OP(=O)(O)O)C(C)C(C(C)=CC(C)C)O3)O2)OC(=O)C2C=C(C)C(O)C3OCC(=CC=CC(C)C1)C23O. The van der Waals surface area contributed by atoms with Gasteiger partial charge in [-0.2, -0.15) is 0 Å². The smallest absolute Gasteiger partial charge is 0.462 e. The van der Waals surface area contributed by atoms with Gasteiger partial charge in [0, 0.05) is 25.2 Å². The third-order valence-corrected chi connectivity index (χ3v) is 10.9. The van der Waals surface area contributed by atoms with E-state index in [1.165, 1.54) is 0 Å². The van der Waals surface area contributed by atoms with Crippen molar-refractivity contribution in [1.29, 1.82) is 0 Å².